The first-order chi connectivity index (χ1) is 16.0. The zero-order chi connectivity index (χ0) is 23.4. The molecular weight excluding hydrogens is 446 g/mol. The van der Waals surface area contributed by atoms with Crippen molar-refractivity contribution in [3.63, 3.8) is 0 Å². The highest BCUT2D eigenvalue weighted by molar-refractivity contribution is 6.31. The fourth-order valence-corrected chi connectivity index (χ4v) is 4.28. The van der Waals surface area contributed by atoms with Crippen LogP contribution in [-0.2, 0) is 4.79 Å². The van der Waals surface area contributed by atoms with Crippen LogP contribution in [-0.4, -0.2) is 32.8 Å². The lowest BCUT2D eigenvalue weighted by Crippen LogP contribution is -2.39. The topological polar surface area (TPSA) is 87.0 Å². The molecule has 1 N–H and O–H groups in total. The molecular formula is C25H26ClNO6. The highest BCUT2D eigenvalue weighted by Crippen LogP contribution is 2.37. The third-order valence-corrected chi connectivity index (χ3v) is 6.01. The molecule has 2 aromatic carbocycles. The number of rotatable bonds is 7. The average Bonchev–Trinajstić information content (AvgIpc) is 2.83. The number of benzene rings is 2. The minimum absolute atomic E-state index is 0.0595. The summed E-state index contributed by atoms with van der Waals surface area (Å²) in [5.41, 5.74) is 0.492. The van der Waals surface area contributed by atoms with Crippen LogP contribution in [0, 0.1) is 0 Å². The van der Waals surface area contributed by atoms with E-state index in [9.17, 15) is 9.59 Å². The maximum atomic E-state index is 13.3. The van der Waals surface area contributed by atoms with Crippen molar-refractivity contribution in [1.82, 2.24) is 5.32 Å². The summed E-state index contributed by atoms with van der Waals surface area (Å²) in [7, 11) is 3.06. The molecule has 1 saturated carbocycles. The second-order valence-electron chi connectivity index (χ2n) is 7.99. The van der Waals surface area contributed by atoms with Gasteiger partial charge in [0.25, 0.3) is 5.91 Å². The van der Waals surface area contributed by atoms with Crippen LogP contribution < -0.4 is 25.0 Å². The van der Waals surface area contributed by atoms with Crippen LogP contribution in [0.25, 0.3) is 22.3 Å². The molecule has 33 heavy (non-hydrogen) atoms. The number of hydrogen-bond acceptors (Lipinski definition) is 6. The van der Waals surface area contributed by atoms with Crippen LogP contribution in [0.3, 0.4) is 0 Å². The zero-order valence-electron chi connectivity index (χ0n) is 18.6. The van der Waals surface area contributed by atoms with Crippen LogP contribution in [0.5, 0.6) is 17.2 Å². The largest absolute Gasteiger partial charge is 0.493 e. The van der Waals surface area contributed by atoms with Crippen molar-refractivity contribution in [2.45, 2.75) is 38.1 Å². The number of ether oxygens (including phenoxy) is 3. The monoisotopic (exact) mass is 471 g/mol. The Kier molecular flexibility index (Phi) is 7.08. The van der Waals surface area contributed by atoms with E-state index in [0.29, 0.717) is 27.7 Å². The fourth-order valence-electron chi connectivity index (χ4n) is 4.10. The fraction of sp³-hybridized carbons (Fsp3) is 0.360. The molecule has 7 nitrogen and oxygen atoms in total. The van der Waals surface area contributed by atoms with Crippen molar-refractivity contribution in [2.75, 3.05) is 20.8 Å². The molecule has 1 aliphatic rings. The maximum Gasteiger partial charge on any atom is 0.258 e. The Labute approximate surface area is 196 Å². The Balaban J connectivity index is 1.71. The minimum atomic E-state index is -0.408. The molecule has 0 radical (unpaired) electrons. The lowest BCUT2D eigenvalue weighted by Gasteiger charge is -2.22. The molecule has 0 bridgehead atoms. The lowest BCUT2D eigenvalue weighted by molar-refractivity contribution is -0.124. The molecule has 0 saturated heterocycles. The Morgan fingerprint density at radius 2 is 1.82 bits per heavy atom. The maximum absolute atomic E-state index is 13.3. The standard InChI is InChI=1S/C25H26ClNO6/c1-30-20-10-8-15(12-21(20)31-2)24-25(23(29)18-13-16(26)9-11-19(18)33-24)32-14-22(28)27-17-6-4-3-5-7-17/h8-13,17H,3-7,14H2,1-2H3,(H,27,28). The average molecular weight is 472 g/mol. The summed E-state index contributed by atoms with van der Waals surface area (Å²) in [4.78, 5) is 25.8. The van der Waals surface area contributed by atoms with E-state index >= 15 is 0 Å². The smallest absolute Gasteiger partial charge is 0.258 e. The van der Waals surface area contributed by atoms with E-state index in [1.807, 2.05) is 0 Å². The Morgan fingerprint density at radius 3 is 2.55 bits per heavy atom. The van der Waals surface area contributed by atoms with Gasteiger partial charge < -0.3 is 23.9 Å². The number of amides is 1. The molecule has 0 atom stereocenters. The molecule has 174 valence electrons. The number of fused-ring (bicyclic) bond motifs is 1. The summed E-state index contributed by atoms with van der Waals surface area (Å²) in [6, 6.07) is 10.1. The van der Waals surface area contributed by atoms with Gasteiger partial charge in [-0.15, -0.1) is 0 Å². The van der Waals surface area contributed by atoms with E-state index in [1.54, 1.807) is 30.3 Å². The SMILES string of the molecule is COc1ccc(-c2oc3ccc(Cl)cc3c(=O)c2OCC(=O)NC2CCCCC2)cc1OC. The van der Waals surface area contributed by atoms with Gasteiger partial charge in [0.2, 0.25) is 11.2 Å². The summed E-state index contributed by atoms with van der Waals surface area (Å²) in [6.45, 7) is -0.298. The number of carbonyl (C=O) groups excluding carboxylic acids is 1. The second-order valence-corrected chi connectivity index (χ2v) is 8.43. The molecule has 1 heterocycles. The van der Waals surface area contributed by atoms with E-state index in [4.69, 9.17) is 30.2 Å². The van der Waals surface area contributed by atoms with Crippen LogP contribution in [0.4, 0.5) is 0 Å². The van der Waals surface area contributed by atoms with Crippen LogP contribution in [0.1, 0.15) is 32.1 Å². The third kappa shape index (κ3) is 5.09. The van der Waals surface area contributed by atoms with Crippen molar-refractivity contribution in [3.8, 4) is 28.6 Å². The molecule has 0 aliphatic heterocycles. The van der Waals surface area contributed by atoms with Crippen molar-refractivity contribution in [3.05, 3.63) is 51.6 Å². The molecule has 0 spiro atoms. The Hall–Kier alpha value is -3.19. The van der Waals surface area contributed by atoms with Gasteiger partial charge in [-0.05, 0) is 49.2 Å². The number of hydrogen-bond donors (Lipinski definition) is 1. The van der Waals surface area contributed by atoms with Crippen molar-refractivity contribution in [1.29, 1.82) is 0 Å². The molecule has 1 amide bonds. The van der Waals surface area contributed by atoms with E-state index in [2.05, 4.69) is 5.32 Å². The summed E-state index contributed by atoms with van der Waals surface area (Å²) in [5, 5.41) is 3.66. The van der Waals surface area contributed by atoms with Crippen molar-refractivity contribution >= 4 is 28.5 Å². The van der Waals surface area contributed by atoms with Gasteiger partial charge in [0.15, 0.2) is 23.9 Å². The summed E-state index contributed by atoms with van der Waals surface area (Å²) >= 11 is 6.09. The normalized spacial score (nSPS) is 14.2. The van der Waals surface area contributed by atoms with Crippen LogP contribution in [0.15, 0.2) is 45.6 Å². The van der Waals surface area contributed by atoms with E-state index in [0.717, 1.165) is 25.7 Å². The van der Waals surface area contributed by atoms with Gasteiger partial charge in [0, 0.05) is 16.6 Å². The molecule has 1 aliphatic carbocycles. The first-order valence-electron chi connectivity index (χ1n) is 10.9. The predicted octanol–water partition coefficient (Wildman–Crippen LogP) is 4.96. The summed E-state index contributed by atoms with van der Waals surface area (Å²) in [5.74, 6) is 0.864. The van der Waals surface area contributed by atoms with Gasteiger partial charge in [0.1, 0.15) is 5.58 Å². The highest BCUT2D eigenvalue weighted by Gasteiger charge is 2.22. The Morgan fingerprint density at radius 1 is 1.06 bits per heavy atom. The summed E-state index contributed by atoms with van der Waals surface area (Å²) in [6.07, 6.45) is 5.31. The summed E-state index contributed by atoms with van der Waals surface area (Å²) < 4.78 is 22.5. The van der Waals surface area contributed by atoms with Gasteiger partial charge in [0.05, 0.1) is 19.6 Å². The Bertz CT molecular complexity index is 1220. The molecule has 3 aromatic rings. The van der Waals surface area contributed by atoms with Gasteiger partial charge in [-0.2, -0.15) is 0 Å². The first-order valence-corrected chi connectivity index (χ1v) is 11.3. The van der Waals surface area contributed by atoms with Gasteiger partial charge in [-0.1, -0.05) is 30.9 Å². The highest BCUT2D eigenvalue weighted by atomic mass is 35.5. The number of carbonyl (C=O) groups is 1. The van der Waals surface area contributed by atoms with Gasteiger partial charge >= 0.3 is 0 Å². The van der Waals surface area contributed by atoms with Crippen molar-refractivity contribution < 1.29 is 23.4 Å². The zero-order valence-corrected chi connectivity index (χ0v) is 19.4. The molecule has 1 aromatic heterocycles. The van der Waals surface area contributed by atoms with Crippen LogP contribution in [0.2, 0.25) is 5.02 Å². The lowest BCUT2D eigenvalue weighted by atomic mass is 9.95. The quantitative estimate of drug-likeness (QED) is 0.524. The van der Waals surface area contributed by atoms with E-state index < -0.39 is 5.43 Å². The molecule has 4 rings (SSSR count). The number of halogens is 1. The molecule has 1 fully saturated rings. The van der Waals surface area contributed by atoms with Crippen LogP contribution >= 0.6 is 11.6 Å². The van der Waals surface area contributed by atoms with E-state index in [1.165, 1.54) is 26.7 Å². The number of methoxy groups -OCH3 is 2. The third-order valence-electron chi connectivity index (χ3n) is 5.77. The minimum Gasteiger partial charge on any atom is -0.493 e. The van der Waals surface area contributed by atoms with Crippen molar-refractivity contribution in [2.24, 2.45) is 0 Å². The number of nitrogens with one attached hydrogen (secondary N) is 1. The van der Waals surface area contributed by atoms with E-state index in [-0.39, 0.29) is 35.5 Å². The molecule has 8 heteroatoms. The second kappa shape index (κ2) is 10.2. The molecule has 0 unspecified atom stereocenters. The van der Waals surface area contributed by atoms with Gasteiger partial charge in [-0.3, -0.25) is 9.59 Å². The van der Waals surface area contributed by atoms with Gasteiger partial charge in [-0.25, -0.2) is 0 Å². The first kappa shape index (κ1) is 23.0. The predicted molar refractivity (Wildman–Crippen MR) is 127 cm³/mol.